The van der Waals surface area contributed by atoms with Crippen molar-refractivity contribution in [2.45, 2.75) is 6.92 Å². The van der Waals surface area contributed by atoms with E-state index in [1.807, 2.05) is 6.92 Å². The van der Waals surface area contributed by atoms with Gasteiger partial charge in [0, 0.05) is 13.2 Å². The third-order valence-electron chi connectivity index (χ3n) is 4.21. The predicted octanol–water partition coefficient (Wildman–Crippen LogP) is 3.01. The fourth-order valence-corrected chi connectivity index (χ4v) is 3.64. The Hall–Kier alpha value is -3.39. The molecule has 0 atom stereocenters. The van der Waals surface area contributed by atoms with Crippen LogP contribution in [-0.4, -0.2) is 25.4 Å². The highest BCUT2D eigenvalue weighted by molar-refractivity contribution is 7.13. The molecule has 0 aliphatic rings. The molecule has 0 aliphatic heterocycles. The van der Waals surface area contributed by atoms with Crippen LogP contribution in [0.2, 0.25) is 0 Å². The number of carbonyl (C=O) groups excluding carboxylic acids is 1. The third-order valence-corrected chi connectivity index (χ3v) is 5.13. The Bertz CT molecular complexity index is 1210. The van der Waals surface area contributed by atoms with Crippen LogP contribution in [0.15, 0.2) is 52.9 Å². The summed E-state index contributed by atoms with van der Waals surface area (Å²) in [5.41, 5.74) is 2.96. The Morgan fingerprint density at radius 2 is 2.00 bits per heavy atom. The minimum atomic E-state index is -0.368. The lowest BCUT2D eigenvalue weighted by Gasteiger charge is -2.11. The molecule has 134 valence electrons. The molecular formula is C19H15N5O2S. The van der Waals surface area contributed by atoms with Crippen molar-refractivity contribution in [3.05, 3.63) is 69.7 Å². The number of pyridine rings is 1. The molecule has 7 nitrogen and oxygen atoms in total. The summed E-state index contributed by atoms with van der Waals surface area (Å²) in [5, 5.41) is 3.13. The summed E-state index contributed by atoms with van der Waals surface area (Å²) in [5.74, 6) is 0.555. The normalized spacial score (nSPS) is 10.9. The highest BCUT2D eigenvalue weighted by Gasteiger charge is 2.18. The molecule has 3 heterocycles. The van der Waals surface area contributed by atoms with Gasteiger partial charge in [0.25, 0.3) is 11.5 Å². The first kappa shape index (κ1) is 17.0. The molecule has 0 spiro atoms. The minimum Gasteiger partial charge on any atom is -0.306 e. The van der Waals surface area contributed by atoms with Crippen LogP contribution in [0.1, 0.15) is 16.1 Å². The number of fused-ring (bicyclic) bond motifs is 1. The van der Waals surface area contributed by atoms with Crippen molar-refractivity contribution in [3.63, 3.8) is 0 Å². The van der Waals surface area contributed by atoms with Gasteiger partial charge in [-0.2, -0.15) is 0 Å². The van der Waals surface area contributed by atoms with Crippen LogP contribution >= 0.6 is 11.3 Å². The molecule has 1 N–H and O–H groups in total. The van der Waals surface area contributed by atoms with Crippen LogP contribution in [0.5, 0.6) is 0 Å². The number of benzene rings is 1. The van der Waals surface area contributed by atoms with E-state index in [1.54, 1.807) is 55.2 Å². The van der Waals surface area contributed by atoms with E-state index >= 15 is 0 Å². The van der Waals surface area contributed by atoms with Crippen LogP contribution in [0, 0.1) is 6.92 Å². The summed E-state index contributed by atoms with van der Waals surface area (Å²) >= 11 is 1.41. The summed E-state index contributed by atoms with van der Waals surface area (Å²) in [7, 11) is 1.67. The van der Waals surface area contributed by atoms with E-state index in [-0.39, 0.29) is 11.5 Å². The number of para-hydroxylation sites is 1. The highest BCUT2D eigenvalue weighted by atomic mass is 32.1. The van der Waals surface area contributed by atoms with Crippen molar-refractivity contribution in [3.8, 4) is 10.7 Å². The first-order chi connectivity index (χ1) is 13.1. The molecule has 4 aromatic rings. The Labute approximate surface area is 158 Å². The highest BCUT2D eigenvalue weighted by Crippen LogP contribution is 2.26. The van der Waals surface area contributed by atoms with Gasteiger partial charge in [0.05, 0.1) is 32.5 Å². The Kier molecular flexibility index (Phi) is 4.25. The number of nitrogens with one attached hydrogen (secondary N) is 1. The molecule has 0 aliphatic carbocycles. The van der Waals surface area contributed by atoms with Gasteiger partial charge in [0.15, 0.2) is 5.82 Å². The molecule has 0 radical (unpaired) electrons. The SMILES string of the molecule is Cc1ncsc1-c1nc2c(C(=O)Nc3ccccn3)cccc2c(=O)n1C. The lowest BCUT2D eigenvalue weighted by molar-refractivity contribution is 0.102. The summed E-state index contributed by atoms with van der Waals surface area (Å²) in [4.78, 5) is 39.4. The van der Waals surface area contributed by atoms with E-state index in [0.29, 0.717) is 28.1 Å². The number of thiazole rings is 1. The molecule has 3 aromatic heterocycles. The summed E-state index contributed by atoms with van der Waals surface area (Å²) in [6, 6.07) is 10.2. The molecule has 0 unspecified atom stereocenters. The fourth-order valence-electron chi connectivity index (χ4n) is 2.82. The number of nitrogens with zero attached hydrogens (tertiary/aromatic N) is 4. The smallest absolute Gasteiger partial charge is 0.261 e. The summed E-state index contributed by atoms with van der Waals surface area (Å²) in [6.45, 7) is 1.86. The number of carbonyl (C=O) groups is 1. The van der Waals surface area contributed by atoms with Crippen LogP contribution < -0.4 is 10.9 Å². The number of aromatic nitrogens is 4. The van der Waals surface area contributed by atoms with Gasteiger partial charge in [0.2, 0.25) is 0 Å². The van der Waals surface area contributed by atoms with E-state index in [9.17, 15) is 9.59 Å². The Morgan fingerprint density at radius 1 is 1.15 bits per heavy atom. The molecular weight excluding hydrogens is 362 g/mol. The van der Waals surface area contributed by atoms with Gasteiger partial charge in [-0.15, -0.1) is 11.3 Å². The predicted molar refractivity (Wildman–Crippen MR) is 105 cm³/mol. The minimum absolute atomic E-state index is 0.213. The molecule has 8 heteroatoms. The van der Waals surface area contributed by atoms with Crippen LogP contribution in [0.25, 0.3) is 21.6 Å². The Morgan fingerprint density at radius 3 is 2.70 bits per heavy atom. The molecule has 0 saturated heterocycles. The average Bonchev–Trinajstić information content (AvgIpc) is 3.10. The van der Waals surface area contributed by atoms with E-state index in [4.69, 9.17) is 0 Å². The third kappa shape index (κ3) is 3.00. The van der Waals surface area contributed by atoms with Crippen molar-refractivity contribution >= 4 is 34.0 Å². The molecule has 0 fully saturated rings. The van der Waals surface area contributed by atoms with Gasteiger partial charge in [-0.3, -0.25) is 14.2 Å². The number of rotatable bonds is 3. The lowest BCUT2D eigenvalue weighted by Crippen LogP contribution is -2.22. The monoisotopic (exact) mass is 377 g/mol. The molecule has 4 rings (SSSR count). The number of amides is 1. The van der Waals surface area contributed by atoms with E-state index < -0.39 is 0 Å². The molecule has 1 aromatic carbocycles. The summed E-state index contributed by atoms with van der Waals surface area (Å²) in [6.07, 6.45) is 1.59. The number of hydrogen-bond donors (Lipinski definition) is 1. The standard InChI is InChI=1S/C19H15N5O2S/c1-11-16(27-10-21-11)17-23-15-12(6-5-7-13(15)19(26)24(17)2)18(25)22-14-8-3-4-9-20-14/h3-10H,1-2H3,(H,20,22,25). The fraction of sp³-hybridized carbons (Fsp3) is 0.105. The second kappa shape index (κ2) is 6.73. The van der Waals surface area contributed by atoms with E-state index in [0.717, 1.165) is 10.6 Å². The molecule has 27 heavy (non-hydrogen) atoms. The van der Waals surface area contributed by atoms with Gasteiger partial charge in [0.1, 0.15) is 5.82 Å². The zero-order valence-electron chi connectivity index (χ0n) is 14.6. The van der Waals surface area contributed by atoms with Gasteiger partial charge < -0.3 is 5.32 Å². The maximum atomic E-state index is 12.9. The van der Waals surface area contributed by atoms with E-state index in [2.05, 4.69) is 20.3 Å². The zero-order chi connectivity index (χ0) is 19.0. The van der Waals surface area contributed by atoms with Crippen molar-refractivity contribution < 1.29 is 4.79 Å². The molecule has 0 bridgehead atoms. The average molecular weight is 377 g/mol. The maximum absolute atomic E-state index is 12.9. The van der Waals surface area contributed by atoms with Crippen molar-refractivity contribution in [2.24, 2.45) is 7.05 Å². The Balaban J connectivity index is 1.90. The van der Waals surface area contributed by atoms with Gasteiger partial charge in [-0.25, -0.2) is 15.0 Å². The van der Waals surface area contributed by atoms with Crippen LogP contribution in [0.4, 0.5) is 5.82 Å². The zero-order valence-corrected chi connectivity index (χ0v) is 15.4. The van der Waals surface area contributed by atoms with Gasteiger partial charge in [-0.05, 0) is 31.2 Å². The van der Waals surface area contributed by atoms with Crippen molar-refractivity contribution in [1.82, 2.24) is 19.5 Å². The largest absolute Gasteiger partial charge is 0.306 e. The molecule has 0 saturated carbocycles. The first-order valence-corrected chi connectivity index (χ1v) is 9.07. The van der Waals surface area contributed by atoms with Crippen LogP contribution in [-0.2, 0) is 7.05 Å². The number of aryl methyl sites for hydroxylation is 1. The summed E-state index contributed by atoms with van der Waals surface area (Å²) < 4.78 is 1.49. The van der Waals surface area contributed by atoms with Crippen LogP contribution in [0.3, 0.4) is 0 Å². The van der Waals surface area contributed by atoms with Crippen molar-refractivity contribution in [1.29, 1.82) is 0 Å². The first-order valence-electron chi connectivity index (χ1n) is 8.19. The topological polar surface area (TPSA) is 89.8 Å². The van der Waals surface area contributed by atoms with Gasteiger partial charge >= 0.3 is 0 Å². The second-order valence-corrected chi connectivity index (χ2v) is 6.79. The molecule has 1 amide bonds. The maximum Gasteiger partial charge on any atom is 0.261 e. The number of anilines is 1. The number of hydrogen-bond acceptors (Lipinski definition) is 6. The second-order valence-electron chi connectivity index (χ2n) is 5.94. The van der Waals surface area contributed by atoms with Gasteiger partial charge in [-0.1, -0.05) is 12.1 Å². The van der Waals surface area contributed by atoms with Crippen molar-refractivity contribution in [2.75, 3.05) is 5.32 Å². The van der Waals surface area contributed by atoms with E-state index in [1.165, 1.54) is 15.9 Å². The quantitative estimate of drug-likeness (QED) is 0.593. The lowest BCUT2D eigenvalue weighted by atomic mass is 10.1.